The SMILES string of the molecule is CCOc1ccc(C(=O)N[C@H](C)CN)cc1. The van der Waals surface area contributed by atoms with Crippen LogP contribution in [0.15, 0.2) is 24.3 Å². The van der Waals surface area contributed by atoms with E-state index in [0.717, 1.165) is 5.75 Å². The van der Waals surface area contributed by atoms with Gasteiger partial charge in [0, 0.05) is 18.2 Å². The summed E-state index contributed by atoms with van der Waals surface area (Å²) in [6, 6.07) is 7.03. The summed E-state index contributed by atoms with van der Waals surface area (Å²) in [5.74, 6) is 0.659. The van der Waals surface area contributed by atoms with E-state index in [4.69, 9.17) is 10.5 Å². The Morgan fingerprint density at radius 3 is 2.56 bits per heavy atom. The summed E-state index contributed by atoms with van der Waals surface area (Å²) in [5.41, 5.74) is 6.04. The van der Waals surface area contributed by atoms with Crippen LogP contribution in [0.1, 0.15) is 24.2 Å². The first-order valence-electron chi connectivity index (χ1n) is 5.41. The predicted octanol–water partition coefficient (Wildman–Crippen LogP) is 1.16. The molecule has 1 atom stereocenters. The molecule has 4 heteroatoms. The number of rotatable bonds is 5. The lowest BCUT2D eigenvalue weighted by atomic mass is 10.2. The highest BCUT2D eigenvalue weighted by atomic mass is 16.5. The van der Waals surface area contributed by atoms with Gasteiger partial charge in [0.2, 0.25) is 0 Å². The number of carbonyl (C=O) groups excluding carboxylic acids is 1. The molecule has 16 heavy (non-hydrogen) atoms. The molecule has 0 radical (unpaired) electrons. The fourth-order valence-corrected chi connectivity index (χ4v) is 1.24. The number of ether oxygens (including phenoxy) is 1. The number of nitrogens with one attached hydrogen (secondary N) is 1. The maximum atomic E-state index is 11.7. The van der Waals surface area contributed by atoms with Gasteiger partial charge in [0.1, 0.15) is 5.75 Å². The smallest absolute Gasteiger partial charge is 0.251 e. The third-order valence-corrected chi connectivity index (χ3v) is 2.16. The minimum Gasteiger partial charge on any atom is -0.494 e. The summed E-state index contributed by atoms with van der Waals surface area (Å²) in [6.45, 7) is 4.84. The van der Waals surface area contributed by atoms with E-state index in [2.05, 4.69) is 5.32 Å². The summed E-state index contributed by atoms with van der Waals surface area (Å²) in [4.78, 5) is 11.7. The van der Waals surface area contributed by atoms with Crippen LogP contribution in [0.2, 0.25) is 0 Å². The maximum absolute atomic E-state index is 11.7. The zero-order valence-electron chi connectivity index (χ0n) is 9.69. The fourth-order valence-electron chi connectivity index (χ4n) is 1.24. The first-order chi connectivity index (χ1) is 7.67. The van der Waals surface area contributed by atoms with Crippen molar-refractivity contribution in [2.75, 3.05) is 13.2 Å². The van der Waals surface area contributed by atoms with Crippen molar-refractivity contribution in [2.45, 2.75) is 19.9 Å². The van der Waals surface area contributed by atoms with Gasteiger partial charge in [-0.2, -0.15) is 0 Å². The Labute approximate surface area is 95.8 Å². The standard InChI is InChI=1S/C12H18N2O2/c1-3-16-11-6-4-10(5-7-11)12(15)14-9(2)8-13/h4-7,9H,3,8,13H2,1-2H3,(H,14,15)/t9-/m1/s1. The van der Waals surface area contributed by atoms with E-state index in [1.54, 1.807) is 24.3 Å². The van der Waals surface area contributed by atoms with Gasteiger partial charge >= 0.3 is 0 Å². The number of amides is 1. The molecular weight excluding hydrogens is 204 g/mol. The molecule has 0 spiro atoms. The van der Waals surface area contributed by atoms with Crippen LogP contribution in [-0.4, -0.2) is 25.1 Å². The molecule has 0 aliphatic heterocycles. The largest absolute Gasteiger partial charge is 0.494 e. The molecule has 0 aromatic heterocycles. The zero-order chi connectivity index (χ0) is 12.0. The van der Waals surface area contributed by atoms with E-state index < -0.39 is 0 Å². The second kappa shape index (κ2) is 6.12. The van der Waals surface area contributed by atoms with E-state index >= 15 is 0 Å². The van der Waals surface area contributed by atoms with Crippen molar-refractivity contribution in [3.8, 4) is 5.75 Å². The molecule has 1 aromatic rings. The van der Waals surface area contributed by atoms with Crippen LogP contribution < -0.4 is 15.8 Å². The summed E-state index contributed by atoms with van der Waals surface area (Å²) in [7, 11) is 0. The van der Waals surface area contributed by atoms with E-state index in [9.17, 15) is 4.79 Å². The van der Waals surface area contributed by atoms with E-state index in [1.165, 1.54) is 0 Å². The van der Waals surface area contributed by atoms with Crippen molar-refractivity contribution < 1.29 is 9.53 Å². The number of hydrogen-bond donors (Lipinski definition) is 2. The van der Waals surface area contributed by atoms with Crippen LogP contribution in [-0.2, 0) is 0 Å². The molecule has 1 amide bonds. The molecule has 0 fully saturated rings. The molecule has 3 N–H and O–H groups in total. The Hall–Kier alpha value is -1.55. The van der Waals surface area contributed by atoms with Gasteiger partial charge in [-0.15, -0.1) is 0 Å². The fraction of sp³-hybridized carbons (Fsp3) is 0.417. The third-order valence-electron chi connectivity index (χ3n) is 2.16. The molecule has 0 bridgehead atoms. The third kappa shape index (κ3) is 3.55. The van der Waals surface area contributed by atoms with Crippen LogP contribution in [0.5, 0.6) is 5.75 Å². The van der Waals surface area contributed by atoms with E-state index in [0.29, 0.717) is 18.7 Å². The molecule has 0 aliphatic carbocycles. The zero-order valence-corrected chi connectivity index (χ0v) is 9.69. The van der Waals surface area contributed by atoms with Crippen molar-refractivity contribution in [3.05, 3.63) is 29.8 Å². The van der Waals surface area contributed by atoms with Gasteiger partial charge in [-0.3, -0.25) is 4.79 Å². The maximum Gasteiger partial charge on any atom is 0.251 e. The normalized spacial score (nSPS) is 11.9. The quantitative estimate of drug-likeness (QED) is 0.785. The molecule has 0 aliphatic rings. The van der Waals surface area contributed by atoms with Crippen LogP contribution in [0, 0.1) is 0 Å². The van der Waals surface area contributed by atoms with Gasteiger partial charge in [0.25, 0.3) is 5.91 Å². The summed E-state index contributed by atoms with van der Waals surface area (Å²) in [5, 5.41) is 2.79. The summed E-state index contributed by atoms with van der Waals surface area (Å²) < 4.78 is 5.29. The molecular formula is C12H18N2O2. The highest BCUT2D eigenvalue weighted by Gasteiger charge is 2.08. The Morgan fingerprint density at radius 1 is 1.44 bits per heavy atom. The van der Waals surface area contributed by atoms with Gasteiger partial charge in [-0.25, -0.2) is 0 Å². The minimum absolute atomic E-state index is 0.0148. The average molecular weight is 222 g/mol. The monoisotopic (exact) mass is 222 g/mol. The van der Waals surface area contributed by atoms with E-state index in [-0.39, 0.29) is 11.9 Å². The number of nitrogens with two attached hydrogens (primary N) is 1. The molecule has 0 saturated carbocycles. The van der Waals surface area contributed by atoms with Gasteiger partial charge in [0.15, 0.2) is 0 Å². The number of benzene rings is 1. The van der Waals surface area contributed by atoms with Crippen molar-refractivity contribution >= 4 is 5.91 Å². The lowest BCUT2D eigenvalue weighted by molar-refractivity contribution is 0.0941. The highest BCUT2D eigenvalue weighted by Crippen LogP contribution is 2.11. The molecule has 1 aromatic carbocycles. The van der Waals surface area contributed by atoms with Crippen LogP contribution in [0.25, 0.3) is 0 Å². The van der Waals surface area contributed by atoms with E-state index in [1.807, 2.05) is 13.8 Å². The second-order valence-corrected chi connectivity index (χ2v) is 3.57. The number of hydrogen-bond acceptors (Lipinski definition) is 3. The first kappa shape index (κ1) is 12.5. The van der Waals surface area contributed by atoms with Crippen molar-refractivity contribution in [1.29, 1.82) is 0 Å². The molecule has 1 rings (SSSR count). The topological polar surface area (TPSA) is 64.3 Å². The summed E-state index contributed by atoms with van der Waals surface area (Å²) in [6.07, 6.45) is 0. The molecule has 0 unspecified atom stereocenters. The lowest BCUT2D eigenvalue weighted by Crippen LogP contribution is -2.37. The lowest BCUT2D eigenvalue weighted by Gasteiger charge is -2.11. The predicted molar refractivity (Wildman–Crippen MR) is 63.6 cm³/mol. The Balaban J connectivity index is 2.63. The highest BCUT2D eigenvalue weighted by molar-refractivity contribution is 5.94. The van der Waals surface area contributed by atoms with Gasteiger partial charge in [-0.1, -0.05) is 0 Å². The molecule has 0 heterocycles. The van der Waals surface area contributed by atoms with Crippen LogP contribution in [0.3, 0.4) is 0 Å². The van der Waals surface area contributed by atoms with Gasteiger partial charge in [0.05, 0.1) is 6.61 Å². The minimum atomic E-state index is -0.110. The van der Waals surface area contributed by atoms with Crippen molar-refractivity contribution in [2.24, 2.45) is 5.73 Å². The van der Waals surface area contributed by atoms with Gasteiger partial charge < -0.3 is 15.8 Å². The van der Waals surface area contributed by atoms with Crippen molar-refractivity contribution in [1.82, 2.24) is 5.32 Å². The average Bonchev–Trinajstić information content (AvgIpc) is 2.30. The van der Waals surface area contributed by atoms with Crippen LogP contribution >= 0.6 is 0 Å². The van der Waals surface area contributed by atoms with Crippen molar-refractivity contribution in [3.63, 3.8) is 0 Å². The van der Waals surface area contributed by atoms with Crippen LogP contribution in [0.4, 0.5) is 0 Å². The molecule has 0 saturated heterocycles. The Kier molecular flexibility index (Phi) is 4.79. The van der Waals surface area contributed by atoms with Gasteiger partial charge in [-0.05, 0) is 38.1 Å². The molecule has 88 valence electrons. The Bertz CT molecular complexity index is 335. The first-order valence-corrected chi connectivity index (χ1v) is 5.41. The summed E-state index contributed by atoms with van der Waals surface area (Å²) >= 11 is 0. The Morgan fingerprint density at radius 2 is 2.06 bits per heavy atom. The second-order valence-electron chi connectivity index (χ2n) is 3.57. The number of carbonyl (C=O) groups is 1. The molecule has 4 nitrogen and oxygen atoms in total.